The van der Waals surface area contributed by atoms with E-state index in [0.29, 0.717) is 17.7 Å². The van der Waals surface area contributed by atoms with Crippen LogP contribution in [0.15, 0.2) is 53.4 Å². The second-order valence-electron chi connectivity index (χ2n) is 6.42. The highest BCUT2D eigenvalue weighted by Gasteiger charge is 2.48. The Morgan fingerprint density at radius 3 is 2.56 bits per heavy atom. The molecule has 1 atom stereocenters. The first-order valence-corrected chi connectivity index (χ1v) is 9.41. The van der Waals surface area contributed by atoms with Gasteiger partial charge in [-0.3, -0.25) is 4.79 Å². The first-order chi connectivity index (χ1) is 11.9. The fraction of sp³-hybridized carbons (Fsp3) is 0.278. The third kappa shape index (κ3) is 2.73. The van der Waals surface area contributed by atoms with Gasteiger partial charge in [0.1, 0.15) is 17.2 Å². The van der Waals surface area contributed by atoms with Crippen LogP contribution in [0.2, 0.25) is 0 Å². The van der Waals surface area contributed by atoms with Gasteiger partial charge in [0.05, 0.1) is 23.4 Å². The van der Waals surface area contributed by atoms with Crippen molar-refractivity contribution in [1.29, 1.82) is 0 Å². The van der Waals surface area contributed by atoms with Crippen molar-refractivity contribution in [2.75, 3.05) is 13.1 Å². The molecule has 1 saturated heterocycles. The van der Waals surface area contributed by atoms with Crippen LogP contribution >= 0.6 is 0 Å². The first kappa shape index (κ1) is 16.2. The predicted molar refractivity (Wildman–Crippen MR) is 88.5 cm³/mol. The van der Waals surface area contributed by atoms with E-state index >= 15 is 0 Å². The maximum absolute atomic E-state index is 13.1. The van der Waals surface area contributed by atoms with Crippen LogP contribution in [0, 0.1) is 5.82 Å². The summed E-state index contributed by atoms with van der Waals surface area (Å²) < 4.78 is 45.9. The number of carbonyl (C=O) groups excluding carboxylic acids is 1. The maximum Gasteiger partial charge on any atom is 0.243 e. The van der Waals surface area contributed by atoms with E-state index in [-0.39, 0.29) is 30.2 Å². The lowest BCUT2D eigenvalue weighted by Crippen LogP contribution is -2.45. The Balaban J connectivity index is 1.61. The van der Waals surface area contributed by atoms with Crippen LogP contribution in [0.25, 0.3) is 0 Å². The highest BCUT2D eigenvalue weighted by atomic mass is 32.2. The number of rotatable bonds is 2. The van der Waals surface area contributed by atoms with Crippen LogP contribution in [0.1, 0.15) is 23.2 Å². The van der Waals surface area contributed by atoms with Crippen molar-refractivity contribution < 1.29 is 22.3 Å². The molecule has 0 radical (unpaired) electrons. The highest BCUT2D eigenvalue weighted by molar-refractivity contribution is 7.89. The van der Waals surface area contributed by atoms with Crippen molar-refractivity contribution in [1.82, 2.24) is 4.31 Å². The number of Topliss-reactive ketones (excluding diaryl/α,β-unsaturated/α-hetero) is 1. The van der Waals surface area contributed by atoms with Crippen molar-refractivity contribution in [2.45, 2.75) is 23.3 Å². The van der Waals surface area contributed by atoms with Crippen molar-refractivity contribution in [3.63, 3.8) is 0 Å². The molecule has 4 rings (SSSR count). The van der Waals surface area contributed by atoms with Crippen molar-refractivity contribution >= 4 is 15.8 Å². The normalized spacial score (nSPS) is 23.5. The van der Waals surface area contributed by atoms with E-state index in [1.807, 2.05) is 0 Å². The van der Waals surface area contributed by atoms with Crippen LogP contribution in [-0.2, 0) is 10.0 Å². The molecule has 2 aromatic carbocycles. The fourth-order valence-electron chi connectivity index (χ4n) is 3.44. The molecule has 0 aliphatic carbocycles. The van der Waals surface area contributed by atoms with Crippen molar-refractivity contribution in [2.24, 2.45) is 0 Å². The molecule has 1 spiro atoms. The van der Waals surface area contributed by atoms with Gasteiger partial charge in [-0.15, -0.1) is 0 Å². The first-order valence-electron chi connectivity index (χ1n) is 7.97. The van der Waals surface area contributed by atoms with Gasteiger partial charge in [-0.2, -0.15) is 4.31 Å². The molecular formula is C18H16FNO4S. The van der Waals surface area contributed by atoms with Gasteiger partial charge in [-0.25, -0.2) is 12.8 Å². The molecule has 0 amide bonds. The lowest BCUT2D eigenvalue weighted by molar-refractivity contribution is 0.0498. The molecule has 7 heteroatoms. The quantitative estimate of drug-likeness (QED) is 0.825. The minimum absolute atomic E-state index is 0.0356. The van der Waals surface area contributed by atoms with Gasteiger partial charge in [0.25, 0.3) is 0 Å². The lowest BCUT2D eigenvalue weighted by Gasteiger charge is -2.34. The summed E-state index contributed by atoms with van der Waals surface area (Å²) in [5.74, 6) is -0.0303. The Labute approximate surface area is 145 Å². The molecule has 0 saturated carbocycles. The topological polar surface area (TPSA) is 63.7 Å². The smallest absolute Gasteiger partial charge is 0.243 e. The molecule has 1 fully saturated rings. The third-order valence-corrected chi connectivity index (χ3v) is 6.59. The van der Waals surface area contributed by atoms with Crippen LogP contribution in [0.4, 0.5) is 4.39 Å². The number of sulfonamides is 1. The maximum atomic E-state index is 13.1. The third-order valence-electron chi connectivity index (χ3n) is 4.73. The molecule has 2 aromatic rings. The number of ketones is 1. The Kier molecular flexibility index (Phi) is 3.66. The molecule has 0 bridgehead atoms. The average molecular weight is 361 g/mol. The number of halogens is 1. The highest BCUT2D eigenvalue weighted by Crippen LogP contribution is 2.40. The van der Waals surface area contributed by atoms with E-state index in [9.17, 15) is 17.6 Å². The molecule has 2 heterocycles. The standard InChI is InChI=1S/C18H16FNO4S/c19-13-5-7-14(8-6-13)25(22,23)20-10-9-18(12-20)11-16(21)15-3-1-2-4-17(15)24-18/h1-8H,9-12H2. The van der Waals surface area contributed by atoms with Gasteiger partial charge in [-0.1, -0.05) is 12.1 Å². The number of hydrogen-bond acceptors (Lipinski definition) is 4. The zero-order valence-electron chi connectivity index (χ0n) is 13.3. The Morgan fingerprint density at radius 1 is 1.08 bits per heavy atom. The molecule has 2 aliphatic heterocycles. The molecule has 25 heavy (non-hydrogen) atoms. The van der Waals surface area contributed by atoms with Gasteiger partial charge in [0.15, 0.2) is 5.78 Å². The summed E-state index contributed by atoms with van der Waals surface area (Å²) in [6.07, 6.45) is 0.590. The van der Waals surface area contributed by atoms with E-state index in [0.717, 1.165) is 12.1 Å². The van der Waals surface area contributed by atoms with Crippen LogP contribution in [-0.4, -0.2) is 37.2 Å². The number of benzene rings is 2. The number of fused-ring (bicyclic) bond motifs is 1. The second-order valence-corrected chi connectivity index (χ2v) is 8.36. The second kappa shape index (κ2) is 5.64. The van der Waals surface area contributed by atoms with E-state index in [4.69, 9.17) is 4.74 Å². The SMILES string of the molecule is O=C1CC2(CCN(S(=O)(=O)c3ccc(F)cc3)C2)Oc2ccccc21. The molecule has 1 unspecified atom stereocenters. The van der Waals surface area contributed by atoms with E-state index in [1.54, 1.807) is 24.3 Å². The van der Waals surface area contributed by atoms with E-state index < -0.39 is 21.4 Å². The van der Waals surface area contributed by atoms with E-state index in [1.165, 1.54) is 16.4 Å². The molecule has 0 aromatic heterocycles. The van der Waals surface area contributed by atoms with E-state index in [2.05, 4.69) is 0 Å². The molecule has 5 nitrogen and oxygen atoms in total. The largest absolute Gasteiger partial charge is 0.485 e. The summed E-state index contributed by atoms with van der Waals surface area (Å²) in [6.45, 7) is 0.363. The summed E-state index contributed by atoms with van der Waals surface area (Å²) in [7, 11) is -3.75. The molecule has 0 N–H and O–H groups in total. The Bertz CT molecular complexity index is 942. The van der Waals surface area contributed by atoms with Gasteiger partial charge in [-0.05, 0) is 36.4 Å². The summed E-state index contributed by atoms with van der Waals surface area (Å²) in [6, 6.07) is 11.7. The zero-order valence-corrected chi connectivity index (χ0v) is 14.1. The molecular weight excluding hydrogens is 345 g/mol. The van der Waals surface area contributed by atoms with Gasteiger partial charge >= 0.3 is 0 Å². The zero-order chi connectivity index (χ0) is 17.7. The summed E-state index contributed by atoms with van der Waals surface area (Å²) in [5.41, 5.74) is -0.300. The molecule has 2 aliphatic rings. The summed E-state index contributed by atoms with van der Waals surface area (Å²) in [5, 5.41) is 0. The van der Waals surface area contributed by atoms with Gasteiger partial charge in [0, 0.05) is 13.0 Å². The Hall–Kier alpha value is -2.25. The lowest BCUT2D eigenvalue weighted by atomic mass is 9.89. The number of ether oxygens (including phenoxy) is 1. The van der Waals surface area contributed by atoms with Crippen LogP contribution < -0.4 is 4.74 Å². The van der Waals surface area contributed by atoms with Crippen LogP contribution in [0.5, 0.6) is 5.75 Å². The number of carbonyl (C=O) groups is 1. The summed E-state index contributed by atoms with van der Waals surface area (Å²) in [4.78, 5) is 12.5. The fourth-order valence-corrected chi connectivity index (χ4v) is 4.95. The Morgan fingerprint density at radius 2 is 1.80 bits per heavy atom. The van der Waals surface area contributed by atoms with Gasteiger partial charge < -0.3 is 4.74 Å². The van der Waals surface area contributed by atoms with Gasteiger partial charge in [0.2, 0.25) is 10.0 Å². The number of nitrogens with zero attached hydrogens (tertiary/aromatic N) is 1. The number of hydrogen-bond donors (Lipinski definition) is 0. The predicted octanol–water partition coefficient (Wildman–Crippen LogP) is 2.62. The average Bonchev–Trinajstić information content (AvgIpc) is 2.99. The summed E-state index contributed by atoms with van der Waals surface area (Å²) >= 11 is 0. The monoisotopic (exact) mass is 361 g/mol. The van der Waals surface area contributed by atoms with Crippen LogP contribution in [0.3, 0.4) is 0 Å². The number of para-hydroxylation sites is 1. The minimum Gasteiger partial charge on any atom is -0.485 e. The van der Waals surface area contributed by atoms with Crippen molar-refractivity contribution in [3.8, 4) is 5.75 Å². The molecule has 130 valence electrons. The van der Waals surface area contributed by atoms with Crippen molar-refractivity contribution in [3.05, 3.63) is 59.9 Å². The minimum atomic E-state index is -3.75.